The van der Waals surface area contributed by atoms with E-state index < -0.39 is 0 Å². The number of ether oxygens (including phenoxy) is 1. The summed E-state index contributed by atoms with van der Waals surface area (Å²) < 4.78 is 10.8. The summed E-state index contributed by atoms with van der Waals surface area (Å²) in [7, 11) is 0. The van der Waals surface area contributed by atoms with Crippen molar-refractivity contribution in [3.63, 3.8) is 0 Å². The van der Waals surface area contributed by atoms with Crippen molar-refractivity contribution in [2.24, 2.45) is 0 Å². The maximum absolute atomic E-state index is 11.9. The standard InChI is InChI=1S/C13H16N4O3S/c18-13(17-5-7-19-8-6-17)14-4-3-11-15-16-12(20-11)10-2-1-9-21-10/h1-2,9H,3-8H2,(H,14,18). The van der Waals surface area contributed by atoms with Gasteiger partial charge in [-0.05, 0) is 11.4 Å². The van der Waals surface area contributed by atoms with Gasteiger partial charge in [0, 0.05) is 26.1 Å². The van der Waals surface area contributed by atoms with Crippen molar-refractivity contribution in [2.45, 2.75) is 6.42 Å². The number of hydrogen-bond donors (Lipinski definition) is 1. The first-order chi connectivity index (χ1) is 10.3. The summed E-state index contributed by atoms with van der Waals surface area (Å²) >= 11 is 1.55. The molecule has 2 aromatic heterocycles. The molecule has 3 heterocycles. The van der Waals surface area contributed by atoms with E-state index in [-0.39, 0.29) is 6.03 Å². The zero-order chi connectivity index (χ0) is 14.5. The smallest absolute Gasteiger partial charge is 0.317 e. The summed E-state index contributed by atoms with van der Waals surface area (Å²) in [6, 6.07) is 3.80. The van der Waals surface area contributed by atoms with Gasteiger partial charge in [-0.25, -0.2) is 4.79 Å². The number of carbonyl (C=O) groups excluding carboxylic acids is 1. The minimum absolute atomic E-state index is 0.0729. The SMILES string of the molecule is O=C(NCCc1nnc(-c2cccs2)o1)N1CCOCC1. The van der Waals surface area contributed by atoms with Crippen LogP contribution in [0.3, 0.4) is 0 Å². The molecule has 0 saturated carbocycles. The van der Waals surface area contributed by atoms with Crippen molar-refractivity contribution in [1.29, 1.82) is 0 Å². The van der Waals surface area contributed by atoms with Crippen LogP contribution in [0.4, 0.5) is 4.79 Å². The molecule has 2 amide bonds. The summed E-state index contributed by atoms with van der Waals surface area (Å²) in [6.07, 6.45) is 0.522. The molecule has 7 nitrogen and oxygen atoms in total. The number of nitrogens with one attached hydrogen (secondary N) is 1. The largest absolute Gasteiger partial charge is 0.420 e. The van der Waals surface area contributed by atoms with E-state index in [4.69, 9.17) is 9.15 Å². The Morgan fingerprint density at radius 3 is 3.00 bits per heavy atom. The molecule has 0 unspecified atom stereocenters. The molecule has 3 rings (SSSR count). The molecule has 0 radical (unpaired) electrons. The summed E-state index contributed by atoms with van der Waals surface area (Å²) in [4.78, 5) is 14.6. The van der Waals surface area contributed by atoms with Crippen LogP contribution in [0.25, 0.3) is 10.8 Å². The summed E-state index contributed by atoms with van der Waals surface area (Å²) in [5.41, 5.74) is 0. The van der Waals surface area contributed by atoms with E-state index in [0.29, 0.717) is 51.1 Å². The number of hydrogen-bond acceptors (Lipinski definition) is 6. The van der Waals surface area contributed by atoms with Crippen LogP contribution in [0.15, 0.2) is 21.9 Å². The second-order valence-electron chi connectivity index (χ2n) is 4.56. The lowest BCUT2D eigenvalue weighted by Gasteiger charge is -2.26. The first-order valence-electron chi connectivity index (χ1n) is 6.80. The summed E-state index contributed by atoms with van der Waals surface area (Å²) in [6.45, 7) is 2.94. The lowest BCUT2D eigenvalue weighted by Crippen LogP contribution is -2.46. The fourth-order valence-electron chi connectivity index (χ4n) is 2.01. The van der Waals surface area contributed by atoms with E-state index in [0.717, 1.165) is 4.88 Å². The van der Waals surface area contributed by atoms with Gasteiger partial charge in [-0.2, -0.15) is 0 Å². The number of thiophene rings is 1. The third-order valence-corrected chi connectivity index (χ3v) is 3.97. The van der Waals surface area contributed by atoms with Crippen molar-refractivity contribution in [3.8, 4) is 10.8 Å². The molecular weight excluding hydrogens is 292 g/mol. The second-order valence-corrected chi connectivity index (χ2v) is 5.51. The van der Waals surface area contributed by atoms with Gasteiger partial charge in [0.1, 0.15) is 0 Å². The second kappa shape index (κ2) is 6.68. The molecule has 2 aromatic rings. The quantitative estimate of drug-likeness (QED) is 0.923. The number of urea groups is 1. The molecule has 21 heavy (non-hydrogen) atoms. The Hall–Kier alpha value is -1.93. The van der Waals surface area contributed by atoms with Crippen molar-refractivity contribution in [2.75, 3.05) is 32.8 Å². The molecule has 0 bridgehead atoms. The van der Waals surface area contributed by atoms with Crippen molar-refractivity contribution < 1.29 is 13.9 Å². The van der Waals surface area contributed by atoms with Crippen LogP contribution < -0.4 is 5.32 Å². The highest BCUT2D eigenvalue weighted by atomic mass is 32.1. The lowest BCUT2D eigenvalue weighted by molar-refractivity contribution is 0.0532. The Balaban J connectivity index is 1.46. The predicted molar refractivity (Wildman–Crippen MR) is 77.1 cm³/mol. The molecule has 1 aliphatic heterocycles. The normalized spacial score (nSPS) is 15.1. The average Bonchev–Trinajstić information content (AvgIpc) is 3.19. The Bertz CT molecular complexity index is 578. The van der Waals surface area contributed by atoms with Crippen LogP contribution in [0.2, 0.25) is 0 Å². The third kappa shape index (κ3) is 3.59. The van der Waals surface area contributed by atoms with Gasteiger partial charge in [0.05, 0.1) is 18.1 Å². The minimum Gasteiger partial charge on any atom is -0.420 e. The van der Waals surface area contributed by atoms with Gasteiger partial charge in [0.2, 0.25) is 5.89 Å². The highest BCUT2D eigenvalue weighted by Crippen LogP contribution is 2.22. The number of carbonyl (C=O) groups is 1. The highest BCUT2D eigenvalue weighted by molar-refractivity contribution is 7.13. The Kier molecular flexibility index (Phi) is 4.46. The number of nitrogens with zero attached hydrogens (tertiary/aromatic N) is 3. The maximum Gasteiger partial charge on any atom is 0.317 e. The first-order valence-corrected chi connectivity index (χ1v) is 7.67. The monoisotopic (exact) mass is 308 g/mol. The number of morpholine rings is 1. The highest BCUT2D eigenvalue weighted by Gasteiger charge is 2.16. The number of aromatic nitrogens is 2. The summed E-state index contributed by atoms with van der Waals surface area (Å²) in [5.74, 6) is 1.06. The Morgan fingerprint density at radius 2 is 2.24 bits per heavy atom. The molecule has 1 fully saturated rings. The topological polar surface area (TPSA) is 80.5 Å². The molecule has 8 heteroatoms. The van der Waals surface area contributed by atoms with Crippen LogP contribution in [0, 0.1) is 0 Å². The van der Waals surface area contributed by atoms with E-state index in [2.05, 4.69) is 15.5 Å². The molecule has 1 N–H and O–H groups in total. The zero-order valence-electron chi connectivity index (χ0n) is 11.4. The van der Waals surface area contributed by atoms with Crippen LogP contribution in [0.5, 0.6) is 0 Å². The van der Waals surface area contributed by atoms with E-state index in [1.807, 2.05) is 17.5 Å². The number of amides is 2. The van der Waals surface area contributed by atoms with Crippen molar-refractivity contribution in [1.82, 2.24) is 20.4 Å². The first kappa shape index (κ1) is 14.0. The van der Waals surface area contributed by atoms with Gasteiger partial charge in [0.15, 0.2) is 0 Å². The molecule has 0 aliphatic carbocycles. The molecule has 1 saturated heterocycles. The molecule has 0 atom stereocenters. The predicted octanol–water partition coefficient (Wildman–Crippen LogP) is 1.38. The van der Waals surface area contributed by atoms with Gasteiger partial charge in [-0.1, -0.05) is 6.07 Å². The molecule has 0 spiro atoms. The third-order valence-electron chi connectivity index (χ3n) is 3.11. The van der Waals surface area contributed by atoms with Gasteiger partial charge in [-0.15, -0.1) is 21.5 Å². The average molecular weight is 308 g/mol. The molecule has 0 aromatic carbocycles. The van der Waals surface area contributed by atoms with Crippen molar-refractivity contribution in [3.05, 3.63) is 23.4 Å². The van der Waals surface area contributed by atoms with E-state index in [9.17, 15) is 4.79 Å². The van der Waals surface area contributed by atoms with Crippen molar-refractivity contribution >= 4 is 17.4 Å². The fourth-order valence-corrected chi connectivity index (χ4v) is 2.65. The van der Waals surface area contributed by atoms with E-state index >= 15 is 0 Å². The zero-order valence-corrected chi connectivity index (χ0v) is 12.3. The Labute approximate surface area is 125 Å². The van der Waals surface area contributed by atoms with Crippen LogP contribution in [-0.4, -0.2) is 54.0 Å². The van der Waals surface area contributed by atoms with E-state index in [1.165, 1.54) is 0 Å². The minimum atomic E-state index is -0.0729. The maximum atomic E-state index is 11.9. The van der Waals surface area contributed by atoms with Gasteiger partial charge in [0.25, 0.3) is 5.89 Å². The molecular formula is C13H16N4O3S. The fraction of sp³-hybridized carbons (Fsp3) is 0.462. The van der Waals surface area contributed by atoms with Gasteiger partial charge < -0.3 is 19.4 Å². The summed E-state index contributed by atoms with van der Waals surface area (Å²) in [5, 5.41) is 12.8. The van der Waals surface area contributed by atoms with Gasteiger partial charge >= 0.3 is 6.03 Å². The molecule has 1 aliphatic rings. The van der Waals surface area contributed by atoms with Crippen LogP contribution in [-0.2, 0) is 11.2 Å². The number of rotatable bonds is 4. The lowest BCUT2D eigenvalue weighted by atomic mass is 10.4. The molecule has 112 valence electrons. The Morgan fingerprint density at radius 1 is 1.38 bits per heavy atom. The van der Waals surface area contributed by atoms with E-state index in [1.54, 1.807) is 16.2 Å². The van der Waals surface area contributed by atoms with Gasteiger partial charge in [-0.3, -0.25) is 0 Å². The van der Waals surface area contributed by atoms with Crippen LogP contribution >= 0.6 is 11.3 Å². The van der Waals surface area contributed by atoms with Crippen LogP contribution in [0.1, 0.15) is 5.89 Å².